The fourth-order valence-corrected chi connectivity index (χ4v) is 4.52. The van der Waals surface area contributed by atoms with Crippen LogP contribution in [-0.4, -0.2) is 33.2 Å². The summed E-state index contributed by atoms with van der Waals surface area (Å²) in [7, 11) is -1.65. The highest BCUT2D eigenvalue weighted by Gasteiger charge is 2.29. The van der Waals surface area contributed by atoms with Crippen molar-refractivity contribution in [2.45, 2.75) is 47.3 Å². The van der Waals surface area contributed by atoms with Crippen LogP contribution in [0.2, 0.25) is 19.6 Å². The number of rotatable bonds is 5. The molecule has 5 heteroatoms. The molecule has 0 amide bonds. The lowest BCUT2D eigenvalue weighted by atomic mass is 9.97. The molecule has 0 N–H and O–H groups in total. The summed E-state index contributed by atoms with van der Waals surface area (Å²) in [6.07, 6.45) is 0. The molecule has 1 aromatic carbocycles. The van der Waals surface area contributed by atoms with Crippen molar-refractivity contribution < 1.29 is 19.1 Å². The molecule has 1 rings (SSSR count). The number of aryl methyl sites for hydroxylation is 1. The first-order valence-corrected chi connectivity index (χ1v) is 11.1. The Labute approximate surface area is 133 Å². The molecule has 0 aliphatic heterocycles. The Bertz CT molecular complexity index is 585. The van der Waals surface area contributed by atoms with Crippen LogP contribution in [0.5, 0.6) is 0 Å². The highest BCUT2D eigenvalue weighted by atomic mass is 28.3. The Balaban J connectivity index is 3.67. The second kappa shape index (κ2) is 7.09. The standard InChI is InChI=1S/C17H26O4Si/c1-8-20-16(18)14-11(3)10-13(22(5,6)7)12(4)15(14)17(19)21-9-2/h10H,8-9H2,1-7H3. The van der Waals surface area contributed by atoms with E-state index in [1.165, 1.54) is 5.19 Å². The van der Waals surface area contributed by atoms with Crippen LogP contribution in [0, 0.1) is 13.8 Å². The maximum atomic E-state index is 12.4. The molecule has 0 saturated heterocycles. The zero-order chi connectivity index (χ0) is 17.1. The van der Waals surface area contributed by atoms with E-state index in [0.29, 0.717) is 11.1 Å². The molecule has 0 heterocycles. The summed E-state index contributed by atoms with van der Waals surface area (Å²) in [5, 5.41) is 1.17. The van der Waals surface area contributed by atoms with Crippen LogP contribution < -0.4 is 5.19 Å². The van der Waals surface area contributed by atoms with Gasteiger partial charge in [-0.1, -0.05) is 30.9 Å². The van der Waals surface area contributed by atoms with Gasteiger partial charge in [-0.15, -0.1) is 0 Å². The van der Waals surface area contributed by atoms with E-state index in [9.17, 15) is 9.59 Å². The van der Waals surface area contributed by atoms with Crippen molar-refractivity contribution in [3.63, 3.8) is 0 Å². The lowest BCUT2D eigenvalue weighted by molar-refractivity contribution is 0.0477. The van der Waals surface area contributed by atoms with Crippen LogP contribution in [0.4, 0.5) is 0 Å². The van der Waals surface area contributed by atoms with Crippen molar-refractivity contribution in [3.05, 3.63) is 28.3 Å². The van der Waals surface area contributed by atoms with E-state index in [4.69, 9.17) is 9.47 Å². The Morgan fingerprint density at radius 2 is 1.41 bits per heavy atom. The van der Waals surface area contributed by atoms with Gasteiger partial charge in [-0.3, -0.25) is 0 Å². The highest BCUT2D eigenvalue weighted by Crippen LogP contribution is 2.22. The Hall–Kier alpha value is -1.62. The monoisotopic (exact) mass is 322 g/mol. The quantitative estimate of drug-likeness (QED) is 0.617. The molecule has 4 nitrogen and oxygen atoms in total. The topological polar surface area (TPSA) is 52.6 Å². The van der Waals surface area contributed by atoms with E-state index >= 15 is 0 Å². The van der Waals surface area contributed by atoms with E-state index in [2.05, 4.69) is 19.6 Å². The summed E-state index contributed by atoms with van der Waals surface area (Å²) in [4.78, 5) is 24.7. The number of carbonyl (C=O) groups excluding carboxylic acids is 2. The van der Waals surface area contributed by atoms with Crippen molar-refractivity contribution in [1.29, 1.82) is 0 Å². The van der Waals surface area contributed by atoms with Crippen molar-refractivity contribution in [3.8, 4) is 0 Å². The third-order valence-corrected chi connectivity index (χ3v) is 5.69. The van der Waals surface area contributed by atoms with E-state index in [-0.39, 0.29) is 13.2 Å². The molecule has 0 atom stereocenters. The van der Waals surface area contributed by atoms with E-state index in [0.717, 1.165) is 11.1 Å². The molecule has 0 radical (unpaired) electrons. The minimum absolute atomic E-state index is 0.273. The van der Waals surface area contributed by atoms with Gasteiger partial charge in [-0.05, 0) is 38.8 Å². The number of esters is 2. The minimum Gasteiger partial charge on any atom is -0.462 e. The Kier molecular flexibility index (Phi) is 5.94. The molecule has 1 aromatic rings. The highest BCUT2D eigenvalue weighted by molar-refractivity contribution is 6.89. The molecule has 122 valence electrons. The van der Waals surface area contributed by atoms with Crippen molar-refractivity contribution in [1.82, 2.24) is 0 Å². The molecule has 0 fully saturated rings. The van der Waals surface area contributed by atoms with Crippen LogP contribution in [0.25, 0.3) is 0 Å². The molecule has 0 aliphatic rings. The molecule has 0 unspecified atom stereocenters. The summed E-state index contributed by atoms with van der Waals surface area (Å²) in [6, 6.07) is 2.02. The minimum atomic E-state index is -1.65. The lowest BCUT2D eigenvalue weighted by Crippen LogP contribution is -2.41. The van der Waals surface area contributed by atoms with Crippen molar-refractivity contribution in [2.75, 3.05) is 13.2 Å². The molecule has 0 aromatic heterocycles. The van der Waals surface area contributed by atoms with E-state index in [1.807, 2.05) is 19.9 Å². The van der Waals surface area contributed by atoms with Gasteiger partial charge in [-0.25, -0.2) is 9.59 Å². The lowest BCUT2D eigenvalue weighted by Gasteiger charge is -2.24. The first-order chi connectivity index (χ1) is 10.1. The first kappa shape index (κ1) is 18.4. The van der Waals surface area contributed by atoms with Crippen LogP contribution in [0.1, 0.15) is 45.7 Å². The number of benzene rings is 1. The fraction of sp³-hybridized carbons (Fsp3) is 0.529. The maximum Gasteiger partial charge on any atom is 0.339 e. The first-order valence-electron chi connectivity index (χ1n) is 7.64. The predicted molar refractivity (Wildman–Crippen MR) is 90.8 cm³/mol. The van der Waals surface area contributed by atoms with E-state index < -0.39 is 20.0 Å². The van der Waals surface area contributed by atoms with Gasteiger partial charge in [0, 0.05) is 0 Å². The second-order valence-corrected chi connectivity index (χ2v) is 11.3. The van der Waals surface area contributed by atoms with Gasteiger partial charge in [0.1, 0.15) is 0 Å². The average Bonchev–Trinajstić information content (AvgIpc) is 2.39. The van der Waals surface area contributed by atoms with Crippen LogP contribution >= 0.6 is 0 Å². The number of hydrogen-bond donors (Lipinski definition) is 0. The third kappa shape index (κ3) is 3.77. The van der Waals surface area contributed by atoms with Gasteiger partial charge in [-0.2, -0.15) is 0 Å². The van der Waals surface area contributed by atoms with Gasteiger partial charge in [0.2, 0.25) is 0 Å². The molecule has 0 bridgehead atoms. The van der Waals surface area contributed by atoms with Crippen molar-refractivity contribution >= 4 is 25.2 Å². The van der Waals surface area contributed by atoms with Crippen LogP contribution in [0.15, 0.2) is 6.07 Å². The van der Waals surface area contributed by atoms with E-state index in [1.54, 1.807) is 13.8 Å². The predicted octanol–water partition coefficient (Wildman–Crippen LogP) is 3.20. The second-order valence-electron chi connectivity index (χ2n) is 6.31. The zero-order valence-corrected chi connectivity index (χ0v) is 15.6. The molecule has 0 saturated carbocycles. The largest absolute Gasteiger partial charge is 0.462 e. The van der Waals surface area contributed by atoms with Crippen molar-refractivity contribution in [2.24, 2.45) is 0 Å². The van der Waals surface area contributed by atoms with Gasteiger partial charge in [0.15, 0.2) is 0 Å². The summed E-state index contributed by atoms with van der Waals surface area (Å²) in [5.74, 6) is -0.917. The van der Waals surface area contributed by atoms with Gasteiger partial charge >= 0.3 is 11.9 Å². The normalized spacial score (nSPS) is 11.2. The smallest absolute Gasteiger partial charge is 0.339 e. The fourth-order valence-electron chi connectivity index (χ4n) is 2.62. The third-order valence-electron chi connectivity index (χ3n) is 3.55. The van der Waals surface area contributed by atoms with Gasteiger partial charge in [0.25, 0.3) is 0 Å². The summed E-state index contributed by atoms with van der Waals surface area (Å²) in [6.45, 7) is 14.4. The number of carbonyl (C=O) groups is 2. The average molecular weight is 322 g/mol. The zero-order valence-electron chi connectivity index (χ0n) is 14.6. The maximum absolute atomic E-state index is 12.4. The molecule has 22 heavy (non-hydrogen) atoms. The molecular formula is C17H26O4Si. The number of ether oxygens (including phenoxy) is 2. The SMILES string of the molecule is CCOC(=O)c1c(C)cc([Si](C)(C)C)c(C)c1C(=O)OCC. The van der Waals surface area contributed by atoms with Gasteiger partial charge in [0.05, 0.1) is 32.4 Å². The van der Waals surface area contributed by atoms with Crippen LogP contribution in [-0.2, 0) is 9.47 Å². The summed E-state index contributed by atoms with van der Waals surface area (Å²) >= 11 is 0. The summed E-state index contributed by atoms with van der Waals surface area (Å²) in [5.41, 5.74) is 2.30. The Morgan fingerprint density at radius 1 is 0.955 bits per heavy atom. The van der Waals surface area contributed by atoms with Crippen LogP contribution in [0.3, 0.4) is 0 Å². The summed E-state index contributed by atoms with van der Waals surface area (Å²) < 4.78 is 10.3. The van der Waals surface area contributed by atoms with Gasteiger partial charge < -0.3 is 9.47 Å². The molecule has 0 aliphatic carbocycles. The Morgan fingerprint density at radius 3 is 1.82 bits per heavy atom. The number of hydrogen-bond acceptors (Lipinski definition) is 4. The molecular weight excluding hydrogens is 296 g/mol. The molecule has 0 spiro atoms.